The quantitative estimate of drug-likeness (QED) is 0.797. The van der Waals surface area contributed by atoms with Crippen molar-refractivity contribution in [3.8, 4) is 5.88 Å². The van der Waals surface area contributed by atoms with Gasteiger partial charge in [0, 0.05) is 11.8 Å². The Hall–Kier alpha value is -1.10. The number of nitrogens with zero attached hydrogens (tertiary/aromatic N) is 1. The lowest BCUT2D eigenvalue weighted by Crippen LogP contribution is -2.22. The van der Waals surface area contributed by atoms with E-state index in [-0.39, 0.29) is 11.0 Å². The molecule has 106 valence electrons. The third-order valence-corrected chi connectivity index (χ3v) is 5.91. The molecule has 19 heavy (non-hydrogen) atoms. The molecule has 1 aromatic rings. The standard InChI is InChI=1S/C14H21NO3S/c1-18-14-12(7-6-10-15-14)11-19(16,17)13-8-4-2-3-5-9-13/h6-7,10,13H,2-5,8-9,11H2,1H3. The maximum Gasteiger partial charge on any atom is 0.217 e. The summed E-state index contributed by atoms with van der Waals surface area (Å²) in [5.41, 5.74) is 0.661. The molecule has 0 aliphatic heterocycles. The number of hydrogen-bond acceptors (Lipinski definition) is 4. The van der Waals surface area contributed by atoms with Crippen molar-refractivity contribution in [2.24, 2.45) is 0 Å². The molecule has 5 heteroatoms. The Labute approximate surface area is 115 Å². The van der Waals surface area contributed by atoms with E-state index in [0.29, 0.717) is 11.4 Å². The maximum atomic E-state index is 12.5. The summed E-state index contributed by atoms with van der Waals surface area (Å²) >= 11 is 0. The SMILES string of the molecule is COc1ncccc1CS(=O)(=O)C1CCCCCC1. The summed E-state index contributed by atoms with van der Waals surface area (Å²) in [6.07, 6.45) is 7.56. The summed E-state index contributed by atoms with van der Waals surface area (Å²) in [7, 11) is -1.59. The number of pyridine rings is 1. The Bertz CT molecular complexity index is 505. The fourth-order valence-corrected chi connectivity index (χ4v) is 4.59. The molecule has 1 aliphatic carbocycles. The summed E-state index contributed by atoms with van der Waals surface area (Å²) in [5, 5.41) is -0.195. The molecule has 1 fully saturated rings. The molecule has 1 saturated carbocycles. The molecule has 1 aliphatic rings. The predicted molar refractivity (Wildman–Crippen MR) is 74.9 cm³/mol. The van der Waals surface area contributed by atoms with Gasteiger partial charge in [-0.15, -0.1) is 0 Å². The number of aromatic nitrogens is 1. The van der Waals surface area contributed by atoms with Crippen LogP contribution in [0.5, 0.6) is 5.88 Å². The fourth-order valence-electron chi connectivity index (χ4n) is 2.65. The van der Waals surface area contributed by atoms with Gasteiger partial charge >= 0.3 is 0 Å². The van der Waals surface area contributed by atoms with Crippen LogP contribution in [0.15, 0.2) is 18.3 Å². The van der Waals surface area contributed by atoms with E-state index in [4.69, 9.17) is 4.74 Å². The van der Waals surface area contributed by atoms with Crippen molar-refractivity contribution in [3.05, 3.63) is 23.9 Å². The zero-order chi connectivity index (χ0) is 13.7. The van der Waals surface area contributed by atoms with Gasteiger partial charge in [-0.2, -0.15) is 0 Å². The highest BCUT2D eigenvalue weighted by molar-refractivity contribution is 7.91. The monoisotopic (exact) mass is 283 g/mol. The van der Waals surface area contributed by atoms with Crippen LogP contribution in [0, 0.1) is 0 Å². The van der Waals surface area contributed by atoms with E-state index < -0.39 is 9.84 Å². The number of methoxy groups -OCH3 is 1. The third kappa shape index (κ3) is 3.69. The lowest BCUT2D eigenvalue weighted by Gasteiger charge is -2.16. The summed E-state index contributed by atoms with van der Waals surface area (Å²) in [4.78, 5) is 4.06. The highest BCUT2D eigenvalue weighted by atomic mass is 32.2. The van der Waals surface area contributed by atoms with Gasteiger partial charge in [0.25, 0.3) is 0 Å². The smallest absolute Gasteiger partial charge is 0.217 e. The molecule has 0 N–H and O–H groups in total. The van der Waals surface area contributed by atoms with Crippen molar-refractivity contribution < 1.29 is 13.2 Å². The van der Waals surface area contributed by atoms with Gasteiger partial charge in [-0.1, -0.05) is 31.7 Å². The van der Waals surface area contributed by atoms with Crippen molar-refractivity contribution in [1.29, 1.82) is 0 Å². The van der Waals surface area contributed by atoms with Crippen molar-refractivity contribution in [3.63, 3.8) is 0 Å². The summed E-state index contributed by atoms with van der Waals surface area (Å²) in [6.45, 7) is 0. The van der Waals surface area contributed by atoms with Crippen LogP contribution in [0.25, 0.3) is 0 Å². The van der Waals surface area contributed by atoms with Crippen molar-refractivity contribution >= 4 is 9.84 Å². The number of hydrogen-bond donors (Lipinski definition) is 0. The zero-order valence-electron chi connectivity index (χ0n) is 11.3. The van der Waals surface area contributed by atoms with Crippen LogP contribution in [-0.4, -0.2) is 25.8 Å². The first-order valence-electron chi connectivity index (χ1n) is 6.83. The van der Waals surface area contributed by atoms with E-state index in [9.17, 15) is 8.42 Å². The minimum Gasteiger partial charge on any atom is -0.481 e. The van der Waals surface area contributed by atoms with Crippen LogP contribution in [0.2, 0.25) is 0 Å². The van der Waals surface area contributed by atoms with E-state index in [1.807, 2.05) is 0 Å². The average Bonchev–Trinajstić information content (AvgIpc) is 2.68. The van der Waals surface area contributed by atoms with Gasteiger partial charge in [0.1, 0.15) is 0 Å². The Balaban J connectivity index is 2.15. The number of rotatable bonds is 4. The molecular weight excluding hydrogens is 262 g/mol. The number of sulfone groups is 1. The average molecular weight is 283 g/mol. The highest BCUT2D eigenvalue weighted by Crippen LogP contribution is 2.27. The van der Waals surface area contributed by atoms with Crippen molar-refractivity contribution in [1.82, 2.24) is 4.98 Å². The minimum atomic E-state index is -3.11. The molecule has 0 bridgehead atoms. The maximum absolute atomic E-state index is 12.5. The van der Waals surface area contributed by atoms with E-state index in [0.717, 1.165) is 38.5 Å². The summed E-state index contributed by atoms with van der Waals surface area (Å²) in [5.74, 6) is 0.453. The largest absolute Gasteiger partial charge is 0.481 e. The first-order valence-corrected chi connectivity index (χ1v) is 8.54. The number of ether oxygens (including phenoxy) is 1. The van der Waals surface area contributed by atoms with E-state index in [2.05, 4.69) is 4.98 Å². The van der Waals surface area contributed by atoms with Gasteiger partial charge < -0.3 is 4.74 Å². The topological polar surface area (TPSA) is 56.3 Å². The first-order chi connectivity index (χ1) is 9.13. The fraction of sp³-hybridized carbons (Fsp3) is 0.643. The van der Waals surface area contributed by atoms with Crippen molar-refractivity contribution in [2.75, 3.05) is 7.11 Å². The van der Waals surface area contributed by atoms with Crippen LogP contribution in [0.3, 0.4) is 0 Å². The molecule has 2 rings (SSSR count). The zero-order valence-corrected chi connectivity index (χ0v) is 12.2. The van der Waals surface area contributed by atoms with Crippen LogP contribution >= 0.6 is 0 Å². The second-order valence-electron chi connectivity index (χ2n) is 5.09. The van der Waals surface area contributed by atoms with Gasteiger partial charge in [0.2, 0.25) is 5.88 Å². The molecule has 0 radical (unpaired) electrons. The summed E-state index contributed by atoms with van der Waals surface area (Å²) < 4.78 is 30.1. The molecule has 0 aromatic carbocycles. The van der Waals surface area contributed by atoms with Gasteiger partial charge in [0.05, 0.1) is 18.1 Å². The predicted octanol–water partition coefficient (Wildman–Crippen LogP) is 2.73. The second-order valence-corrected chi connectivity index (χ2v) is 7.37. The lowest BCUT2D eigenvalue weighted by molar-refractivity contribution is 0.393. The van der Waals surface area contributed by atoms with E-state index in [1.54, 1.807) is 18.3 Å². The Morgan fingerprint density at radius 1 is 1.26 bits per heavy atom. The molecule has 1 aromatic heterocycles. The Kier molecular flexibility index (Phi) is 4.80. The van der Waals surface area contributed by atoms with Crippen LogP contribution in [0.4, 0.5) is 0 Å². The summed E-state index contributed by atoms with van der Waals surface area (Å²) in [6, 6.07) is 3.53. The molecule has 0 spiro atoms. The Morgan fingerprint density at radius 2 is 1.95 bits per heavy atom. The molecule has 0 unspecified atom stereocenters. The third-order valence-electron chi connectivity index (χ3n) is 3.71. The molecule has 4 nitrogen and oxygen atoms in total. The van der Waals surface area contributed by atoms with Gasteiger partial charge in [-0.05, 0) is 18.9 Å². The molecule has 0 atom stereocenters. The molecular formula is C14H21NO3S. The lowest BCUT2D eigenvalue weighted by atomic mass is 10.2. The molecule has 0 amide bonds. The normalized spacial score (nSPS) is 17.9. The highest BCUT2D eigenvalue weighted by Gasteiger charge is 2.27. The molecule has 0 saturated heterocycles. The van der Waals surface area contributed by atoms with Crippen LogP contribution in [0.1, 0.15) is 44.1 Å². The van der Waals surface area contributed by atoms with Crippen molar-refractivity contribution in [2.45, 2.75) is 49.5 Å². The Morgan fingerprint density at radius 3 is 2.58 bits per heavy atom. The van der Waals surface area contributed by atoms with Gasteiger partial charge in [-0.3, -0.25) is 0 Å². The minimum absolute atomic E-state index is 0.0364. The van der Waals surface area contributed by atoms with Gasteiger partial charge in [0.15, 0.2) is 9.84 Å². The first kappa shape index (κ1) is 14.3. The van der Waals surface area contributed by atoms with E-state index >= 15 is 0 Å². The van der Waals surface area contributed by atoms with Crippen LogP contribution < -0.4 is 4.74 Å². The van der Waals surface area contributed by atoms with E-state index in [1.165, 1.54) is 7.11 Å². The molecule has 1 heterocycles. The second kappa shape index (κ2) is 6.37. The van der Waals surface area contributed by atoms with Crippen LogP contribution in [-0.2, 0) is 15.6 Å². The van der Waals surface area contributed by atoms with Gasteiger partial charge in [-0.25, -0.2) is 13.4 Å².